The predicted octanol–water partition coefficient (Wildman–Crippen LogP) is 5.12. The average molecular weight is 467 g/mol. The van der Waals surface area contributed by atoms with E-state index in [1.807, 2.05) is 6.07 Å². The summed E-state index contributed by atoms with van der Waals surface area (Å²) in [7, 11) is 0. The number of amides is 2. The van der Waals surface area contributed by atoms with E-state index in [9.17, 15) is 9.59 Å². The molecule has 2 amide bonds. The zero-order valence-electron chi connectivity index (χ0n) is 20.3. The molecule has 184 valence electrons. The highest BCUT2D eigenvalue weighted by molar-refractivity contribution is 5.96. The number of anilines is 1. The Kier molecular flexibility index (Phi) is 6.82. The van der Waals surface area contributed by atoms with Crippen LogP contribution in [0.1, 0.15) is 76.0 Å². The lowest BCUT2D eigenvalue weighted by molar-refractivity contribution is -0.120. The van der Waals surface area contributed by atoms with Crippen molar-refractivity contribution in [2.24, 2.45) is 5.92 Å². The minimum atomic E-state index is -0.981. The number of fused-ring (bicyclic) bond motifs is 3. The van der Waals surface area contributed by atoms with Gasteiger partial charge in [-0.2, -0.15) is 0 Å². The Morgan fingerprint density at radius 1 is 1.09 bits per heavy atom. The average Bonchev–Trinajstić information content (AvgIpc) is 3.47. The zero-order chi connectivity index (χ0) is 23.7. The van der Waals surface area contributed by atoms with Gasteiger partial charge in [0.25, 0.3) is 0 Å². The lowest BCUT2D eigenvalue weighted by Gasteiger charge is -2.33. The van der Waals surface area contributed by atoms with Crippen molar-refractivity contribution in [1.82, 2.24) is 14.8 Å². The molecule has 0 radical (unpaired) electrons. The van der Waals surface area contributed by atoms with Gasteiger partial charge in [-0.25, -0.2) is 4.79 Å². The molecule has 2 aromatic rings. The highest BCUT2D eigenvalue weighted by atomic mass is 16.4. The van der Waals surface area contributed by atoms with Gasteiger partial charge in [0.1, 0.15) is 0 Å². The Morgan fingerprint density at radius 3 is 2.56 bits per heavy atom. The maximum atomic E-state index is 13.0. The SMILES string of the molecule is CCCn1c2c(c3cc(NC(=O)[C@H]4CC[C@H](NC(=O)O)CC4)ccc31)CN(C1CCCC1)CC2. The topological polar surface area (TPSA) is 86.6 Å². The summed E-state index contributed by atoms with van der Waals surface area (Å²) in [4.78, 5) is 26.6. The summed E-state index contributed by atoms with van der Waals surface area (Å²) in [6, 6.07) is 7.11. The first-order valence-electron chi connectivity index (χ1n) is 13.2. The molecule has 3 N–H and O–H groups in total. The van der Waals surface area contributed by atoms with E-state index < -0.39 is 6.09 Å². The van der Waals surface area contributed by atoms with Crippen molar-refractivity contribution in [3.8, 4) is 0 Å². The van der Waals surface area contributed by atoms with Crippen LogP contribution in [-0.2, 0) is 24.3 Å². The number of carboxylic acid groups (broad SMARTS) is 1. The molecule has 0 saturated heterocycles. The molecule has 0 atom stereocenters. The fourth-order valence-corrected chi connectivity index (χ4v) is 6.53. The molecule has 5 rings (SSSR count). The maximum absolute atomic E-state index is 13.0. The van der Waals surface area contributed by atoms with Gasteiger partial charge in [0.05, 0.1) is 0 Å². The van der Waals surface area contributed by atoms with Crippen molar-refractivity contribution in [3.05, 3.63) is 29.5 Å². The molecule has 1 aromatic carbocycles. The summed E-state index contributed by atoms with van der Waals surface area (Å²) in [5.41, 5.74) is 5.10. The van der Waals surface area contributed by atoms with Crippen LogP contribution in [0, 0.1) is 5.92 Å². The Bertz CT molecular complexity index is 1050. The Balaban J connectivity index is 1.34. The first-order chi connectivity index (χ1) is 16.5. The second-order valence-electron chi connectivity index (χ2n) is 10.5. The van der Waals surface area contributed by atoms with E-state index in [1.54, 1.807) is 0 Å². The quantitative estimate of drug-likeness (QED) is 0.552. The van der Waals surface area contributed by atoms with E-state index in [-0.39, 0.29) is 17.9 Å². The molecule has 2 heterocycles. The van der Waals surface area contributed by atoms with Crippen molar-refractivity contribution in [2.45, 2.75) is 96.3 Å². The van der Waals surface area contributed by atoms with E-state index in [0.29, 0.717) is 12.8 Å². The van der Waals surface area contributed by atoms with E-state index in [0.717, 1.165) is 57.0 Å². The number of hydrogen-bond acceptors (Lipinski definition) is 3. The van der Waals surface area contributed by atoms with Crippen molar-refractivity contribution in [3.63, 3.8) is 0 Å². The lowest BCUT2D eigenvalue weighted by atomic mass is 9.85. The van der Waals surface area contributed by atoms with Crippen LogP contribution in [0.4, 0.5) is 10.5 Å². The van der Waals surface area contributed by atoms with Crippen LogP contribution in [0.25, 0.3) is 10.9 Å². The van der Waals surface area contributed by atoms with Crippen LogP contribution in [0.5, 0.6) is 0 Å². The van der Waals surface area contributed by atoms with Crippen LogP contribution < -0.4 is 10.6 Å². The molecule has 0 unspecified atom stereocenters. The molecule has 0 bridgehead atoms. The molecule has 7 nitrogen and oxygen atoms in total. The number of carbonyl (C=O) groups is 2. The smallest absolute Gasteiger partial charge is 0.404 e. The van der Waals surface area contributed by atoms with Crippen molar-refractivity contribution in [2.75, 3.05) is 11.9 Å². The number of rotatable bonds is 6. The molecule has 1 aromatic heterocycles. The van der Waals surface area contributed by atoms with Gasteiger partial charge < -0.3 is 20.3 Å². The summed E-state index contributed by atoms with van der Waals surface area (Å²) < 4.78 is 2.51. The Morgan fingerprint density at radius 2 is 1.85 bits per heavy atom. The van der Waals surface area contributed by atoms with Gasteiger partial charge in [0.2, 0.25) is 5.91 Å². The summed E-state index contributed by atoms with van der Waals surface area (Å²) in [5, 5.41) is 15.9. The largest absolute Gasteiger partial charge is 0.465 e. The number of benzene rings is 1. The zero-order valence-corrected chi connectivity index (χ0v) is 20.3. The van der Waals surface area contributed by atoms with Gasteiger partial charge in [-0.15, -0.1) is 0 Å². The highest BCUT2D eigenvalue weighted by Gasteiger charge is 2.30. The molecule has 7 heteroatoms. The number of nitrogens with one attached hydrogen (secondary N) is 2. The standard InChI is InChI=1S/C27H38N4O3/c1-2-14-31-24-12-11-20(28-26(32)18-7-9-19(10-8-18)29-27(33)34)16-22(24)23-17-30(15-13-25(23)31)21-5-3-4-6-21/h11-12,16,18-19,21,29H,2-10,13-15,17H2,1H3,(H,28,32)(H,33,34)/t18-,19-. The van der Waals surface area contributed by atoms with Gasteiger partial charge in [-0.1, -0.05) is 19.8 Å². The van der Waals surface area contributed by atoms with E-state index in [4.69, 9.17) is 5.11 Å². The van der Waals surface area contributed by atoms with Gasteiger partial charge in [-0.3, -0.25) is 9.69 Å². The maximum Gasteiger partial charge on any atom is 0.404 e. The molecular weight excluding hydrogens is 428 g/mol. The van der Waals surface area contributed by atoms with Crippen molar-refractivity contribution in [1.29, 1.82) is 0 Å². The lowest BCUT2D eigenvalue weighted by Crippen LogP contribution is -2.38. The third kappa shape index (κ3) is 4.67. The molecule has 2 fully saturated rings. The predicted molar refractivity (Wildman–Crippen MR) is 134 cm³/mol. The van der Waals surface area contributed by atoms with Gasteiger partial charge in [0.15, 0.2) is 0 Å². The second kappa shape index (κ2) is 9.98. The Labute approximate surface area is 201 Å². The van der Waals surface area contributed by atoms with Gasteiger partial charge in [-0.05, 0) is 68.7 Å². The van der Waals surface area contributed by atoms with E-state index in [2.05, 4.69) is 39.2 Å². The summed E-state index contributed by atoms with van der Waals surface area (Å²) >= 11 is 0. The molecule has 2 aliphatic carbocycles. The molecule has 1 aliphatic heterocycles. The summed E-state index contributed by atoms with van der Waals surface area (Å²) in [6.07, 6.45) is 9.48. The molecule has 2 saturated carbocycles. The summed E-state index contributed by atoms with van der Waals surface area (Å²) in [5.74, 6) is 0.00145. The molecule has 0 spiro atoms. The van der Waals surface area contributed by atoms with Crippen LogP contribution >= 0.6 is 0 Å². The van der Waals surface area contributed by atoms with E-state index >= 15 is 0 Å². The second-order valence-corrected chi connectivity index (χ2v) is 10.5. The molecular formula is C27H38N4O3. The van der Waals surface area contributed by atoms with Gasteiger partial charge >= 0.3 is 6.09 Å². The fourth-order valence-electron chi connectivity index (χ4n) is 6.53. The van der Waals surface area contributed by atoms with Crippen LogP contribution in [0.3, 0.4) is 0 Å². The normalized spacial score (nSPS) is 23.7. The number of carbonyl (C=O) groups excluding carboxylic acids is 1. The Hall–Kier alpha value is -2.54. The number of hydrogen-bond donors (Lipinski definition) is 3. The number of aryl methyl sites for hydroxylation is 1. The number of nitrogens with zero attached hydrogens (tertiary/aromatic N) is 2. The first kappa shape index (κ1) is 23.2. The van der Waals surface area contributed by atoms with E-state index in [1.165, 1.54) is 47.8 Å². The van der Waals surface area contributed by atoms with Crippen molar-refractivity contribution >= 4 is 28.6 Å². The fraction of sp³-hybridized carbons (Fsp3) is 0.630. The van der Waals surface area contributed by atoms with Gasteiger partial charge in [0, 0.05) is 66.3 Å². The van der Waals surface area contributed by atoms with Crippen molar-refractivity contribution < 1.29 is 14.7 Å². The summed E-state index contributed by atoms with van der Waals surface area (Å²) in [6.45, 7) is 5.45. The minimum absolute atomic E-state index is 0.0365. The number of aromatic nitrogens is 1. The third-order valence-corrected chi connectivity index (χ3v) is 8.27. The third-order valence-electron chi connectivity index (χ3n) is 8.27. The monoisotopic (exact) mass is 466 g/mol. The van der Waals surface area contributed by atoms with Crippen LogP contribution in [0.15, 0.2) is 18.2 Å². The highest BCUT2D eigenvalue weighted by Crippen LogP contribution is 2.36. The molecule has 3 aliphatic rings. The van der Waals surface area contributed by atoms with Crippen LogP contribution in [0.2, 0.25) is 0 Å². The minimum Gasteiger partial charge on any atom is -0.465 e. The molecule has 34 heavy (non-hydrogen) atoms. The first-order valence-corrected chi connectivity index (χ1v) is 13.2. The van der Waals surface area contributed by atoms with Crippen LogP contribution in [-0.4, -0.2) is 45.2 Å².